The summed E-state index contributed by atoms with van der Waals surface area (Å²) in [6.45, 7) is 5.24. The highest BCUT2D eigenvalue weighted by molar-refractivity contribution is 5.80. The van der Waals surface area contributed by atoms with Crippen LogP contribution in [0.2, 0.25) is 0 Å². The van der Waals surface area contributed by atoms with E-state index in [4.69, 9.17) is 11.5 Å². The largest absolute Gasteiger partial charge is 0.480 e. The molecule has 5 nitrogen and oxygen atoms in total. The molecule has 0 aromatic rings. The van der Waals surface area contributed by atoms with Crippen molar-refractivity contribution in [1.29, 1.82) is 0 Å². The lowest BCUT2D eigenvalue weighted by Gasteiger charge is -2.28. The van der Waals surface area contributed by atoms with Crippen molar-refractivity contribution < 1.29 is 14.7 Å². The van der Waals surface area contributed by atoms with Crippen LogP contribution in [0.1, 0.15) is 33.6 Å². The molecule has 17 heavy (non-hydrogen) atoms. The smallest absolute Gasteiger partial charge is 0.323 e. The fraction of sp³-hybridized carbons (Fsp3) is 0.667. The van der Waals surface area contributed by atoms with Gasteiger partial charge in [0, 0.05) is 6.04 Å². The van der Waals surface area contributed by atoms with Crippen molar-refractivity contribution >= 4 is 12.0 Å². The molecule has 0 aliphatic heterocycles. The van der Waals surface area contributed by atoms with Crippen LogP contribution in [0.4, 0.5) is 4.79 Å². The molecular formula is C12H20N2O3. The summed E-state index contributed by atoms with van der Waals surface area (Å²) >= 11 is 0. The van der Waals surface area contributed by atoms with Crippen molar-refractivity contribution in [3.8, 4) is 12.3 Å². The number of terminal acetylenes is 1. The summed E-state index contributed by atoms with van der Waals surface area (Å²) in [6, 6.07) is -0.921. The van der Waals surface area contributed by atoms with E-state index in [9.17, 15) is 9.59 Å². The number of hydrogen-bond donors (Lipinski definition) is 2. The van der Waals surface area contributed by atoms with Gasteiger partial charge in [-0.2, -0.15) is 0 Å². The zero-order chi connectivity index (χ0) is 13.4. The molecule has 5 heteroatoms. The summed E-state index contributed by atoms with van der Waals surface area (Å²) in [6.07, 6.45) is 6.54. The third-order valence-corrected chi connectivity index (χ3v) is 2.60. The number of amides is 2. The number of carboxylic acid groups (broad SMARTS) is 1. The number of hydrogen-bond acceptors (Lipinski definition) is 2. The average molecular weight is 240 g/mol. The van der Waals surface area contributed by atoms with Gasteiger partial charge in [0.05, 0.1) is 6.04 Å². The fourth-order valence-electron chi connectivity index (χ4n) is 1.29. The molecule has 0 bridgehead atoms. The highest BCUT2D eigenvalue weighted by Crippen LogP contribution is 2.04. The fourth-order valence-corrected chi connectivity index (χ4v) is 1.29. The molecule has 0 fully saturated rings. The second-order valence-corrected chi connectivity index (χ2v) is 3.86. The Kier molecular flexibility index (Phi) is 6.80. The first-order valence-electron chi connectivity index (χ1n) is 5.71. The predicted molar refractivity (Wildman–Crippen MR) is 65.5 cm³/mol. The molecule has 0 saturated heterocycles. The molecule has 2 atom stereocenters. The van der Waals surface area contributed by atoms with Crippen molar-refractivity contribution in [2.75, 3.05) is 6.54 Å². The highest BCUT2D eigenvalue weighted by atomic mass is 16.4. The van der Waals surface area contributed by atoms with E-state index in [1.165, 1.54) is 4.90 Å². The van der Waals surface area contributed by atoms with Crippen molar-refractivity contribution in [1.82, 2.24) is 10.2 Å². The van der Waals surface area contributed by atoms with Gasteiger partial charge in [-0.05, 0) is 19.8 Å². The van der Waals surface area contributed by atoms with E-state index in [-0.39, 0.29) is 18.6 Å². The van der Waals surface area contributed by atoms with Gasteiger partial charge in [0.25, 0.3) is 0 Å². The van der Waals surface area contributed by atoms with Crippen LogP contribution in [-0.2, 0) is 4.79 Å². The number of carboxylic acids is 1. The zero-order valence-electron chi connectivity index (χ0n) is 10.6. The summed E-state index contributed by atoms with van der Waals surface area (Å²) < 4.78 is 0. The van der Waals surface area contributed by atoms with Gasteiger partial charge in [0.1, 0.15) is 6.54 Å². The molecule has 0 radical (unpaired) electrons. The van der Waals surface area contributed by atoms with Crippen molar-refractivity contribution in [3.63, 3.8) is 0 Å². The second-order valence-electron chi connectivity index (χ2n) is 3.86. The van der Waals surface area contributed by atoms with Gasteiger partial charge in [-0.15, -0.1) is 6.42 Å². The Balaban J connectivity index is 4.64. The number of aliphatic carboxylic acids is 1. The van der Waals surface area contributed by atoms with Gasteiger partial charge in [0.15, 0.2) is 0 Å². The first kappa shape index (κ1) is 15.3. The minimum atomic E-state index is -1.03. The Morgan fingerprint density at radius 2 is 2.00 bits per heavy atom. The first-order valence-corrected chi connectivity index (χ1v) is 5.71. The van der Waals surface area contributed by atoms with Crippen LogP contribution in [-0.4, -0.2) is 40.6 Å². The number of nitrogens with zero attached hydrogens (tertiary/aromatic N) is 1. The van der Waals surface area contributed by atoms with Crippen LogP contribution >= 0.6 is 0 Å². The number of rotatable bonds is 6. The third-order valence-electron chi connectivity index (χ3n) is 2.60. The number of carbonyl (C=O) groups is 2. The van der Waals surface area contributed by atoms with Crippen LogP contribution < -0.4 is 5.32 Å². The summed E-state index contributed by atoms with van der Waals surface area (Å²) in [5.74, 6) is 1.41. The molecule has 0 saturated carbocycles. The SMILES string of the molecule is C#CC(CC)NC(=O)N(CC(=O)O)C(C)CC. The van der Waals surface area contributed by atoms with Gasteiger partial charge in [-0.3, -0.25) is 4.79 Å². The standard InChI is InChI=1S/C12H20N2O3/c1-5-9(4)14(8-11(15)16)12(17)13-10(6-2)7-3/h2,9-10H,5,7-8H2,1,3-4H3,(H,13,17)(H,15,16). The molecule has 96 valence electrons. The van der Waals surface area contributed by atoms with E-state index >= 15 is 0 Å². The molecule has 2 N–H and O–H groups in total. The average Bonchev–Trinajstić information content (AvgIpc) is 2.31. The van der Waals surface area contributed by atoms with Crippen molar-refractivity contribution in [3.05, 3.63) is 0 Å². The lowest BCUT2D eigenvalue weighted by Crippen LogP contribution is -2.49. The number of urea groups is 1. The predicted octanol–water partition coefficient (Wildman–Crippen LogP) is 1.29. The van der Waals surface area contributed by atoms with Gasteiger partial charge < -0.3 is 15.3 Å². The summed E-state index contributed by atoms with van der Waals surface area (Å²) in [7, 11) is 0. The summed E-state index contributed by atoms with van der Waals surface area (Å²) in [5, 5.41) is 11.4. The normalized spacial score (nSPS) is 13.3. The molecule has 0 heterocycles. The number of carbonyl (C=O) groups excluding carboxylic acids is 1. The van der Waals surface area contributed by atoms with Gasteiger partial charge in [-0.1, -0.05) is 19.8 Å². The molecule has 2 unspecified atom stereocenters. The van der Waals surface area contributed by atoms with Crippen LogP contribution in [0.25, 0.3) is 0 Å². The Morgan fingerprint density at radius 3 is 2.35 bits per heavy atom. The molecule has 0 aromatic heterocycles. The van der Waals surface area contributed by atoms with E-state index in [2.05, 4.69) is 11.2 Å². The molecule has 0 aromatic carbocycles. The Hall–Kier alpha value is -1.70. The van der Waals surface area contributed by atoms with E-state index in [1.54, 1.807) is 6.92 Å². The molecule has 2 amide bonds. The van der Waals surface area contributed by atoms with Crippen molar-refractivity contribution in [2.45, 2.75) is 45.7 Å². The van der Waals surface area contributed by atoms with Crippen LogP contribution in [0, 0.1) is 12.3 Å². The first-order chi connectivity index (χ1) is 7.96. The Bertz CT molecular complexity index is 309. The molecule has 0 aliphatic rings. The Labute approximate surface area is 102 Å². The minimum Gasteiger partial charge on any atom is -0.480 e. The maximum Gasteiger partial charge on any atom is 0.323 e. The van der Waals surface area contributed by atoms with Crippen LogP contribution in [0.15, 0.2) is 0 Å². The van der Waals surface area contributed by atoms with Crippen LogP contribution in [0.5, 0.6) is 0 Å². The third kappa shape index (κ3) is 5.25. The highest BCUT2D eigenvalue weighted by Gasteiger charge is 2.22. The summed E-state index contributed by atoms with van der Waals surface area (Å²) in [5.41, 5.74) is 0. The van der Waals surface area contributed by atoms with E-state index in [0.717, 1.165) is 0 Å². The van der Waals surface area contributed by atoms with E-state index in [0.29, 0.717) is 12.8 Å². The topological polar surface area (TPSA) is 69.6 Å². The Morgan fingerprint density at radius 1 is 1.41 bits per heavy atom. The lowest BCUT2D eigenvalue weighted by molar-refractivity contribution is -0.138. The van der Waals surface area contributed by atoms with Crippen LogP contribution in [0.3, 0.4) is 0 Å². The van der Waals surface area contributed by atoms with Gasteiger partial charge in [0.2, 0.25) is 0 Å². The van der Waals surface area contributed by atoms with E-state index < -0.39 is 12.0 Å². The molecule has 0 spiro atoms. The maximum atomic E-state index is 11.9. The molecule has 0 rings (SSSR count). The van der Waals surface area contributed by atoms with Gasteiger partial charge in [-0.25, -0.2) is 4.79 Å². The molecule has 0 aliphatic carbocycles. The minimum absolute atomic E-state index is 0.138. The zero-order valence-corrected chi connectivity index (χ0v) is 10.6. The monoisotopic (exact) mass is 240 g/mol. The lowest BCUT2D eigenvalue weighted by atomic mass is 10.2. The summed E-state index contributed by atoms with van der Waals surface area (Å²) in [4.78, 5) is 23.8. The van der Waals surface area contributed by atoms with Gasteiger partial charge >= 0.3 is 12.0 Å². The quantitative estimate of drug-likeness (QED) is 0.687. The van der Waals surface area contributed by atoms with E-state index in [1.807, 2.05) is 13.8 Å². The molecular weight excluding hydrogens is 220 g/mol. The maximum absolute atomic E-state index is 11.9. The number of nitrogens with one attached hydrogen (secondary N) is 1. The second kappa shape index (κ2) is 7.55. The van der Waals surface area contributed by atoms with Crippen molar-refractivity contribution in [2.24, 2.45) is 0 Å².